The van der Waals surface area contributed by atoms with Crippen LogP contribution in [-0.4, -0.2) is 108 Å². The fraction of sp³-hybridized carbons (Fsp3) is 0.451. The number of fused-ring (bicyclic) bond motifs is 1. The lowest BCUT2D eigenvalue weighted by molar-refractivity contribution is -0.136. The number of piperidine rings is 1. The Kier molecular flexibility index (Phi) is 19.4. The monoisotopic (exact) mass is 948 g/mol. The zero-order valence-corrected chi connectivity index (χ0v) is 40.8. The second kappa shape index (κ2) is 25.3. The van der Waals surface area contributed by atoms with Crippen LogP contribution in [0.1, 0.15) is 138 Å². The van der Waals surface area contributed by atoms with Gasteiger partial charge in [0.1, 0.15) is 6.04 Å². The first-order valence-corrected chi connectivity index (χ1v) is 23.9. The summed E-state index contributed by atoms with van der Waals surface area (Å²) in [6.07, 6.45) is 9.99. The number of nitrogens with two attached hydrogens (primary N) is 1. The lowest BCUT2D eigenvalue weighted by Gasteiger charge is -2.27. The number of likely N-dealkylation sites (N-methyl/N-ethyl adjacent to an activating group) is 1. The summed E-state index contributed by atoms with van der Waals surface area (Å²) in [6, 6.07) is 9.59. The second-order valence-electron chi connectivity index (χ2n) is 17.8. The molecule has 0 saturated carbocycles. The molecule has 18 heteroatoms. The topological polar surface area (TPSA) is 264 Å². The maximum atomic E-state index is 13.6. The Hall–Kier alpha value is -7.08. The number of imide groups is 2. The van der Waals surface area contributed by atoms with E-state index in [1.165, 1.54) is 0 Å². The quantitative estimate of drug-likeness (QED) is 0.0227. The predicted octanol–water partition coefficient (Wildman–Crippen LogP) is 4.82. The van der Waals surface area contributed by atoms with Crippen molar-refractivity contribution < 1.29 is 28.8 Å². The van der Waals surface area contributed by atoms with E-state index in [1.54, 1.807) is 24.3 Å². The SMILES string of the molecule is CCN(CCNCCC(=O)NCCCCCCCNc1cccc2c1C(=O)N(C1CCC(=O)NC1=O)C2=O)/C(N)=C/C=C(\C)c1cc(NC(C)C)c(C=N)c(C(=O)NCc2c(C)cc(C)[nH]c2=O)c1. The van der Waals surface area contributed by atoms with E-state index in [9.17, 15) is 33.6 Å². The van der Waals surface area contributed by atoms with Crippen LogP contribution in [0.5, 0.6) is 0 Å². The highest BCUT2D eigenvalue weighted by molar-refractivity contribution is 6.25. The molecule has 6 amide bonds. The van der Waals surface area contributed by atoms with Gasteiger partial charge >= 0.3 is 0 Å². The van der Waals surface area contributed by atoms with Crippen molar-refractivity contribution in [1.82, 2.24) is 36.1 Å². The number of aromatic nitrogens is 1. The number of hydrogen-bond donors (Lipinski definition) is 9. The van der Waals surface area contributed by atoms with Crippen molar-refractivity contribution in [2.24, 2.45) is 5.73 Å². The standard InChI is InChI=1S/C51H69N11O7/c1-7-61(43(53)18-16-32(4)35-27-37(38(29-52)41(28-35)58-31(2)3)47(65)57-30-39-33(5)26-34(6)59-48(39)66)25-24-54-23-20-44(63)56-22-12-10-8-9-11-21-55-40-15-13-14-36-46(40)51(69)62(50(36)68)42-17-19-45(64)60-49(42)67/h13-16,18,26-29,31,42,52,54-55,58H,7-12,17,19-25,30,53H2,1-6H3,(H,56,63)(H,57,65)(H,59,66)(H,60,64,67)/b32-16+,43-18+,52-29?. The van der Waals surface area contributed by atoms with E-state index in [2.05, 4.69) is 36.9 Å². The molecule has 0 spiro atoms. The molecule has 18 nitrogen and oxygen atoms in total. The van der Waals surface area contributed by atoms with Crippen LogP contribution in [0.4, 0.5) is 11.4 Å². The fourth-order valence-corrected chi connectivity index (χ4v) is 8.42. The van der Waals surface area contributed by atoms with E-state index in [4.69, 9.17) is 11.1 Å². The highest BCUT2D eigenvalue weighted by Gasteiger charge is 2.45. The minimum absolute atomic E-state index is 0.0173. The maximum absolute atomic E-state index is 13.6. The molecule has 69 heavy (non-hydrogen) atoms. The van der Waals surface area contributed by atoms with Gasteiger partial charge in [-0.2, -0.15) is 0 Å². The van der Waals surface area contributed by atoms with E-state index >= 15 is 0 Å². The first kappa shape index (κ1) is 52.9. The van der Waals surface area contributed by atoms with Crippen LogP contribution in [-0.2, 0) is 20.9 Å². The van der Waals surface area contributed by atoms with Crippen LogP contribution < -0.4 is 43.2 Å². The van der Waals surface area contributed by atoms with Gasteiger partial charge in [0.25, 0.3) is 23.3 Å². The van der Waals surface area contributed by atoms with E-state index in [0.717, 1.165) is 65.6 Å². The summed E-state index contributed by atoms with van der Waals surface area (Å²) in [5.41, 5.74) is 12.3. The molecule has 10 N–H and O–H groups in total. The first-order valence-electron chi connectivity index (χ1n) is 23.9. The van der Waals surface area contributed by atoms with Crippen LogP contribution in [0.25, 0.3) is 5.57 Å². The zero-order chi connectivity index (χ0) is 50.2. The lowest BCUT2D eigenvalue weighted by atomic mass is 9.96. The summed E-state index contributed by atoms with van der Waals surface area (Å²) < 4.78 is 0. The molecule has 1 aromatic heterocycles. The van der Waals surface area contributed by atoms with Crippen LogP contribution in [0, 0.1) is 19.3 Å². The Morgan fingerprint density at radius 3 is 2.36 bits per heavy atom. The maximum Gasteiger partial charge on any atom is 0.264 e. The van der Waals surface area contributed by atoms with Gasteiger partial charge in [-0.3, -0.25) is 43.8 Å². The smallest absolute Gasteiger partial charge is 0.264 e. The van der Waals surface area contributed by atoms with Crippen molar-refractivity contribution in [2.75, 3.05) is 49.9 Å². The molecule has 370 valence electrons. The number of hydrogen-bond acceptors (Lipinski definition) is 13. The van der Waals surface area contributed by atoms with Crippen molar-refractivity contribution in [1.29, 1.82) is 5.41 Å². The molecule has 0 radical (unpaired) electrons. The molecule has 2 aromatic carbocycles. The molecule has 0 aliphatic carbocycles. The van der Waals surface area contributed by atoms with Crippen molar-refractivity contribution in [2.45, 2.75) is 112 Å². The van der Waals surface area contributed by atoms with Crippen molar-refractivity contribution in [3.8, 4) is 0 Å². The number of nitrogens with zero attached hydrogens (tertiary/aromatic N) is 2. The van der Waals surface area contributed by atoms with Gasteiger partial charge in [0, 0.05) is 99.1 Å². The van der Waals surface area contributed by atoms with Crippen molar-refractivity contribution >= 4 is 58.6 Å². The molecule has 3 aromatic rings. The number of carbonyl (C=O) groups is 6. The Balaban J connectivity index is 0.993. The number of pyridine rings is 1. The Bertz CT molecular complexity index is 2530. The number of aryl methyl sites for hydroxylation is 2. The van der Waals surface area contributed by atoms with E-state index in [0.29, 0.717) is 79.6 Å². The van der Waals surface area contributed by atoms with Gasteiger partial charge < -0.3 is 47.6 Å². The second-order valence-corrected chi connectivity index (χ2v) is 17.8. The van der Waals surface area contributed by atoms with Crippen LogP contribution in [0.3, 0.4) is 0 Å². The summed E-state index contributed by atoms with van der Waals surface area (Å²) in [5, 5.41) is 26.2. The van der Waals surface area contributed by atoms with E-state index in [-0.39, 0.29) is 48.0 Å². The van der Waals surface area contributed by atoms with Crippen LogP contribution in [0.15, 0.2) is 59.2 Å². The van der Waals surface area contributed by atoms with Gasteiger partial charge in [0.2, 0.25) is 17.7 Å². The van der Waals surface area contributed by atoms with E-state index in [1.807, 2.05) is 70.7 Å². The third kappa shape index (κ3) is 14.2. The third-order valence-electron chi connectivity index (χ3n) is 12.2. The minimum Gasteiger partial charge on any atom is -0.385 e. The molecule has 1 atom stereocenters. The molecule has 0 bridgehead atoms. The Morgan fingerprint density at radius 1 is 0.928 bits per heavy atom. The molecule has 3 heterocycles. The Morgan fingerprint density at radius 2 is 1.67 bits per heavy atom. The first-order chi connectivity index (χ1) is 33.0. The van der Waals surface area contributed by atoms with Gasteiger partial charge in [0.15, 0.2) is 0 Å². The molecule has 2 aliphatic rings. The number of benzene rings is 2. The predicted molar refractivity (Wildman–Crippen MR) is 269 cm³/mol. The number of nitrogens with one attached hydrogen (secondary N) is 8. The molecule has 5 rings (SSSR count). The number of aromatic amines is 1. The average Bonchev–Trinajstić information content (AvgIpc) is 3.56. The van der Waals surface area contributed by atoms with E-state index < -0.39 is 35.6 Å². The number of H-pyrrole nitrogens is 1. The van der Waals surface area contributed by atoms with Gasteiger partial charge in [-0.25, -0.2) is 0 Å². The third-order valence-corrected chi connectivity index (χ3v) is 12.2. The molecular formula is C51H69N11O7. The molecular weight excluding hydrogens is 879 g/mol. The number of rotatable bonds is 26. The van der Waals surface area contributed by atoms with Crippen LogP contribution in [0.2, 0.25) is 0 Å². The molecule has 1 saturated heterocycles. The van der Waals surface area contributed by atoms with Gasteiger partial charge in [-0.1, -0.05) is 31.4 Å². The summed E-state index contributed by atoms with van der Waals surface area (Å²) in [7, 11) is 0. The largest absolute Gasteiger partial charge is 0.385 e. The Labute approximate surface area is 404 Å². The summed E-state index contributed by atoms with van der Waals surface area (Å²) in [6.45, 7) is 15.2. The number of anilines is 2. The number of carbonyl (C=O) groups excluding carboxylic acids is 6. The molecule has 1 fully saturated rings. The van der Waals surface area contributed by atoms with Gasteiger partial charge in [-0.05, 0) is 114 Å². The zero-order valence-electron chi connectivity index (χ0n) is 40.8. The number of amides is 6. The van der Waals surface area contributed by atoms with Crippen molar-refractivity contribution in [3.05, 3.63) is 109 Å². The average molecular weight is 948 g/mol. The molecule has 2 aliphatic heterocycles. The highest BCUT2D eigenvalue weighted by atomic mass is 16.2. The summed E-state index contributed by atoms with van der Waals surface area (Å²) in [5.74, 6) is -1.97. The number of allylic oxidation sites excluding steroid dienone is 3. The molecule has 1 unspecified atom stereocenters. The van der Waals surface area contributed by atoms with Crippen LogP contribution >= 0.6 is 0 Å². The summed E-state index contributed by atoms with van der Waals surface area (Å²) in [4.78, 5) is 94.9. The number of unbranched alkanes of at least 4 members (excludes halogenated alkanes) is 4. The van der Waals surface area contributed by atoms with Crippen molar-refractivity contribution in [3.63, 3.8) is 0 Å². The fourth-order valence-electron chi connectivity index (χ4n) is 8.42. The minimum atomic E-state index is -1.01. The normalized spacial score (nSPS) is 15.0. The van der Waals surface area contributed by atoms with Gasteiger partial charge in [-0.15, -0.1) is 0 Å². The van der Waals surface area contributed by atoms with Gasteiger partial charge in [0.05, 0.1) is 22.5 Å². The lowest BCUT2D eigenvalue weighted by Crippen LogP contribution is -2.54. The summed E-state index contributed by atoms with van der Waals surface area (Å²) >= 11 is 0. The highest BCUT2D eigenvalue weighted by Crippen LogP contribution is 2.33.